The van der Waals surface area contributed by atoms with Crippen LogP contribution in [0.4, 0.5) is 10.2 Å². The molecule has 0 unspecified atom stereocenters. The molecule has 0 saturated carbocycles. The summed E-state index contributed by atoms with van der Waals surface area (Å²) < 4.78 is 14.1. The molecule has 0 atom stereocenters. The zero-order valence-electron chi connectivity index (χ0n) is 9.66. The third-order valence-electron chi connectivity index (χ3n) is 2.53. The van der Waals surface area contributed by atoms with E-state index in [-0.39, 0.29) is 11.6 Å². The highest BCUT2D eigenvalue weighted by molar-refractivity contribution is 9.10. The Morgan fingerprint density at radius 3 is 2.50 bits per heavy atom. The number of pyridine rings is 1. The predicted molar refractivity (Wildman–Crippen MR) is 73.6 cm³/mol. The highest BCUT2D eigenvalue weighted by Crippen LogP contribution is 2.16. The van der Waals surface area contributed by atoms with Gasteiger partial charge in [-0.05, 0) is 33.1 Å². The molecule has 0 bridgehead atoms. The second kappa shape index (κ2) is 5.93. The van der Waals surface area contributed by atoms with E-state index in [0.717, 1.165) is 11.1 Å². The molecule has 1 aromatic carbocycles. The Labute approximate surface area is 113 Å². The number of aromatic nitrogens is 1. The van der Waals surface area contributed by atoms with Crippen LogP contribution >= 0.6 is 15.9 Å². The lowest BCUT2D eigenvalue weighted by molar-refractivity contribution is 0.623. The van der Waals surface area contributed by atoms with Crippen LogP contribution in [0.2, 0.25) is 0 Å². The lowest BCUT2D eigenvalue weighted by atomic mass is 10.1. The van der Waals surface area contributed by atoms with Crippen molar-refractivity contribution in [3.05, 3.63) is 57.9 Å². The summed E-state index contributed by atoms with van der Waals surface area (Å²) in [5.74, 6) is -0.121. The molecule has 3 nitrogen and oxygen atoms in total. The summed E-state index contributed by atoms with van der Waals surface area (Å²) in [6, 6.07) is 9.23. The van der Waals surface area contributed by atoms with Gasteiger partial charge in [0.15, 0.2) is 11.6 Å². The molecule has 2 rings (SSSR count). The minimum Gasteiger partial charge on any atom is -0.364 e. The van der Waals surface area contributed by atoms with Crippen LogP contribution < -0.4 is 11.1 Å². The molecule has 3 N–H and O–H groups in total. The van der Waals surface area contributed by atoms with Crippen molar-refractivity contribution in [3.8, 4) is 0 Å². The third kappa shape index (κ3) is 3.27. The Morgan fingerprint density at radius 2 is 1.89 bits per heavy atom. The summed E-state index contributed by atoms with van der Waals surface area (Å²) in [5.41, 5.74) is 7.65. The van der Waals surface area contributed by atoms with Gasteiger partial charge < -0.3 is 11.1 Å². The van der Waals surface area contributed by atoms with E-state index in [1.54, 1.807) is 6.20 Å². The molecule has 0 aliphatic rings. The highest BCUT2D eigenvalue weighted by atomic mass is 79.9. The van der Waals surface area contributed by atoms with E-state index in [2.05, 4.69) is 26.2 Å². The van der Waals surface area contributed by atoms with E-state index in [4.69, 9.17) is 5.73 Å². The number of anilines is 1. The van der Waals surface area contributed by atoms with Crippen LogP contribution in [0.3, 0.4) is 0 Å². The molecule has 5 heteroatoms. The van der Waals surface area contributed by atoms with Gasteiger partial charge in [0.1, 0.15) is 0 Å². The fraction of sp³-hybridized carbons (Fsp3) is 0.154. The van der Waals surface area contributed by atoms with Crippen molar-refractivity contribution < 1.29 is 4.39 Å². The first-order chi connectivity index (χ1) is 8.69. The maximum atomic E-state index is 13.5. The second-order valence-electron chi connectivity index (χ2n) is 3.86. The molecule has 0 aliphatic heterocycles. The van der Waals surface area contributed by atoms with Gasteiger partial charge in [-0.25, -0.2) is 9.37 Å². The van der Waals surface area contributed by atoms with E-state index in [9.17, 15) is 4.39 Å². The third-order valence-corrected chi connectivity index (χ3v) is 2.96. The van der Waals surface area contributed by atoms with Gasteiger partial charge in [0, 0.05) is 23.8 Å². The minimum atomic E-state index is -0.372. The topological polar surface area (TPSA) is 50.9 Å². The fourth-order valence-electron chi connectivity index (χ4n) is 1.52. The summed E-state index contributed by atoms with van der Waals surface area (Å²) in [5, 5.41) is 2.96. The first-order valence-electron chi connectivity index (χ1n) is 5.52. The first kappa shape index (κ1) is 13.0. The molecule has 0 fully saturated rings. The van der Waals surface area contributed by atoms with Crippen molar-refractivity contribution in [2.24, 2.45) is 5.73 Å². The number of halogens is 2. The average molecular weight is 310 g/mol. The van der Waals surface area contributed by atoms with Gasteiger partial charge >= 0.3 is 0 Å². The van der Waals surface area contributed by atoms with E-state index < -0.39 is 0 Å². The Kier molecular flexibility index (Phi) is 4.28. The van der Waals surface area contributed by atoms with Crippen molar-refractivity contribution in [2.75, 3.05) is 5.32 Å². The van der Waals surface area contributed by atoms with Crippen LogP contribution in [-0.2, 0) is 13.1 Å². The Morgan fingerprint density at radius 1 is 1.22 bits per heavy atom. The molecular weight excluding hydrogens is 297 g/mol. The van der Waals surface area contributed by atoms with Gasteiger partial charge in [-0.3, -0.25) is 0 Å². The SMILES string of the molecule is NCc1ccc(CNc2ncc(Br)cc2F)cc1. The summed E-state index contributed by atoms with van der Waals surface area (Å²) in [4.78, 5) is 3.97. The Hall–Kier alpha value is -1.46. The zero-order valence-corrected chi connectivity index (χ0v) is 11.2. The molecule has 0 saturated heterocycles. The van der Waals surface area contributed by atoms with Crippen LogP contribution in [0.1, 0.15) is 11.1 Å². The van der Waals surface area contributed by atoms with Crippen molar-refractivity contribution in [2.45, 2.75) is 13.1 Å². The minimum absolute atomic E-state index is 0.251. The molecule has 1 aromatic heterocycles. The maximum absolute atomic E-state index is 13.5. The summed E-state index contributed by atoms with van der Waals surface area (Å²) >= 11 is 3.17. The number of rotatable bonds is 4. The number of benzene rings is 1. The Balaban J connectivity index is 2.02. The number of hydrogen-bond acceptors (Lipinski definition) is 3. The van der Waals surface area contributed by atoms with Crippen LogP contribution in [-0.4, -0.2) is 4.98 Å². The molecule has 18 heavy (non-hydrogen) atoms. The van der Waals surface area contributed by atoms with Crippen molar-refractivity contribution in [1.29, 1.82) is 0 Å². The smallest absolute Gasteiger partial charge is 0.166 e. The molecule has 2 aromatic rings. The first-order valence-corrected chi connectivity index (χ1v) is 6.31. The van der Waals surface area contributed by atoms with Gasteiger partial charge in [0.05, 0.1) is 0 Å². The monoisotopic (exact) mass is 309 g/mol. The molecule has 94 valence electrons. The van der Waals surface area contributed by atoms with E-state index in [1.165, 1.54) is 6.07 Å². The predicted octanol–water partition coefficient (Wildman–Crippen LogP) is 3.05. The largest absolute Gasteiger partial charge is 0.364 e. The maximum Gasteiger partial charge on any atom is 0.166 e. The quantitative estimate of drug-likeness (QED) is 0.912. The highest BCUT2D eigenvalue weighted by Gasteiger charge is 2.03. The molecule has 0 amide bonds. The zero-order chi connectivity index (χ0) is 13.0. The van der Waals surface area contributed by atoms with Crippen LogP contribution in [0.25, 0.3) is 0 Å². The van der Waals surface area contributed by atoms with Crippen LogP contribution in [0, 0.1) is 5.82 Å². The van der Waals surface area contributed by atoms with Gasteiger partial charge in [-0.1, -0.05) is 24.3 Å². The molecule has 0 spiro atoms. The molecule has 0 aliphatic carbocycles. The second-order valence-corrected chi connectivity index (χ2v) is 4.77. The van der Waals surface area contributed by atoms with Gasteiger partial charge in [-0.15, -0.1) is 0 Å². The fourth-order valence-corrected chi connectivity index (χ4v) is 1.83. The molecule has 0 radical (unpaired) electrons. The number of nitrogens with zero attached hydrogens (tertiary/aromatic N) is 1. The lowest BCUT2D eigenvalue weighted by Gasteiger charge is -2.07. The normalized spacial score (nSPS) is 10.4. The lowest BCUT2D eigenvalue weighted by Crippen LogP contribution is -2.04. The van der Waals surface area contributed by atoms with Gasteiger partial charge in [0.25, 0.3) is 0 Å². The summed E-state index contributed by atoms with van der Waals surface area (Å²) in [6.45, 7) is 1.05. The standard InChI is InChI=1S/C13H13BrFN3/c14-11-5-12(15)13(18-8-11)17-7-10-3-1-9(6-16)2-4-10/h1-5,8H,6-7,16H2,(H,17,18). The molecular formula is C13H13BrFN3. The number of nitrogens with two attached hydrogens (primary N) is 1. The van der Waals surface area contributed by atoms with Gasteiger partial charge in [-0.2, -0.15) is 0 Å². The van der Waals surface area contributed by atoms with Crippen molar-refractivity contribution in [1.82, 2.24) is 4.98 Å². The number of nitrogens with one attached hydrogen (secondary N) is 1. The summed E-state index contributed by atoms with van der Waals surface area (Å²) in [6.07, 6.45) is 1.56. The summed E-state index contributed by atoms with van der Waals surface area (Å²) in [7, 11) is 0. The average Bonchev–Trinajstić information content (AvgIpc) is 2.38. The van der Waals surface area contributed by atoms with E-state index >= 15 is 0 Å². The van der Waals surface area contributed by atoms with Crippen molar-refractivity contribution >= 4 is 21.7 Å². The van der Waals surface area contributed by atoms with E-state index in [0.29, 0.717) is 17.6 Å². The van der Waals surface area contributed by atoms with Crippen molar-refractivity contribution in [3.63, 3.8) is 0 Å². The molecule has 1 heterocycles. The number of hydrogen-bond donors (Lipinski definition) is 2. The van der Waals surface area contributed by atoms with Gasteiger partial charge in [0.2, 0.25) is 0 Å². The Bertz CT molecular complexity index is 528. The van der Waals surface area contributed by atoms with Crippen LogP contribution in [0.5, 0.6) is 0 Å². The van der Waals surface area contributed by atoms with Crippen LogP contribution in [0.15, 0.2) is 41.0 Å². The van der Waals surface area contributed by atoms with E-state index in [1.807, 2.05) is 24.3 Å².